The second-order valence-corrected chi connectivity index (χ2v) is 5.38. The highest BCUT2D eigenvalue weighted by Gasteiger charge is 2.32. The minimum Gasteiger partial charge on any atom is -0.483 e. The molecule has 1 aromatic carbocycles. The molecule has 1 amide bonds. The van der Waals surface area contributed by atoms with E-state index in [9.17, 15) is 15.0 Å². The van der Waals surface area contributed by atoms with Crippen molar-refractivity contribution in [2.45, 2.75) is 44.9 Å². The topological polar surface area (TPSA) is 78.8 Å². The van der Waals surface area contributed by atoms with Crippen LogP contribution in [0.15, 0.2) is 18.2 Å². The monoisotopic (exact) mass is 279 g/mol. The summed E-state index contributed by atoms with van der Waals surface area (Å²) in [5, 5.41) is 21.6. The summed E-state index contributed by atoms with van der Waals surface area (Å²) < 4.78 is 5.56. The van der Waals surface area contributed by atoms with Crippen LogP contribution in [0.25, 0.3) is 0 Å². The molecule has 5 heteroatoms. The number of aryl methyl sites for hydroxylation is 2. The Hall–Kier alpha value is -1.59. The van der Waals surface area contributed by atoms with Crippen molar-refractivity contribution in [1.29, 1.82) is 0 Å². The van der Waals surface area contributed by atoms with Gasteiger partial charge in [0.2, 0.25) is 0 Å². The van der Waals surface area contributed by atoms with Crippen molar-refractivity contribution in [1.82, 2.24) is 5.32 Å². The van der Waals surface area contributed by atoms with Crippen molar-refractivity contribution >= 4 is 5.91 Å². The molecule has 1 unspecified atom stereocenters. The Bertz CT molecular complexity index is 459. The molecule has 1 aliphatic rings. The Morgan fingerprint density at radius 2 is 1.80 bits per heavy atom. The standard InChI is InChI=1S/C15H21NO4/c1-9-4-3-5-10(2)15(9)20-8-14(19)16-11-6-12(17)13(18)7-11/h3-5,11-13,17-18H,6-8H2,1-2H3,(H,16,19)/t11?,12-,13+. The summed E-state index contributed by atoms with van der Waals surface area (Å²) in [6.07, 6.45) is -0.730. The number of benzene rings is 1. The molecule has 3 N–H and O–H groups in total. The van der Waals surface area contributed by atoms with Gasteiger partial charge in [0, 0.05) is 6.04 Å². The van der Waals surface area contributed by atoms with Gasteiger partial charge in [0.25, 0.3) is 5.91 Å². The summed E-state index contributed by atoms with van der Waals surface area (Å²) >= 11 is 0. The Balaban J connectivity index is 1.84. The number of aliphatic hydroxyl groups excluding tert-OH is 2. The summed E-state index contributed by atoms with van der Waals surface area (Å²) in [7, 11) is 0. The Kier molecular flexibility index (Phi) is 4.62. The average molecular weight is 279 g/mol. The van der Waals surface area contributed by atoms with E-state index < -0.39 is 12.2 Å². The lowest BCUT2D eigenvalue weighted by Gasteiger charge is -2.14. The van der Waals surface area contributed by atoms with E-state index in [2.05, 4.69) is 5.32 Å². The van der Waals surface area contributed by atoms with Gasteiger partial charge in [-0.15, -0.1) is 0 Å². The molecule has 0 aliphatic heterocycles. The second-order valence-electron chi connectivity index (χ2n) is 5.38. The van der Waals surface area contributed by atoms with E-state index in [0.29, 0.717) is 12.8 Å². The fourth-order valence-electron chi connectivity index (χ4n) is 2.55. The van der Waals surface area contributed by atoms with Gasteiger partial charge in [-0.05, 0) is 37.8 Å². The van der Waals surface area contributed by atoms with Crippen LogP contribution in [0.3, 0.4) is 0 Å². The number of amides is 1. The summed E-state index contributed by atoms with van der Waals surface area (Å²) in [6, 6.07) is 5.63. The van der Waals surface area contributed by atoms with Gasteiger partial charge >= 0.3 is 0 Å². The van der Waals surface area contributed by atoms with Crippen molar-refractivity contribution in [3.8, 4) is 5.75 Å². The molecule has 0 bridgehead atoms. The molecule has 5 nitrogen and oxygen atoms in total. The van der Waals surface area contributed by atoms with Crippen LogP contribution in [0.4, 0.5) is 0 Å². The van der Waals surface area contributed by atoms with Crippen molar-refractivity contribution in [2.24, 2.45) is 0 Å². The van der Waals surface area contributed by atoms with E-state index in [1.165, 1.54) is 0 Å². The molecule has 1 saturated carbocycles. The lowest BCUT2D eigenvalue weighted by molar-refractivity contribution is -0.123. The van der Waals surface area contributed by atoms with Gasteiger partial charge in [0.05, 0.1) is 12.2 Å². The van der Waals surface area contributed by atoms with Crippen molar-refractivity contribution in [3.05, 3.63) is 29.3 Å². The smallest absolute Gasteiger partial charge is 0.258 e. The van der Waals surface area contributed by atoms with Gasteiger partial charge in [0.15, 0.2) is 6.61 Å². The average Bonchev–Trinajstić information content (AvgIpc) is 2.67. The number of carbonyl (C=O) groups is 1. The number of rotatable bonds is 4. The summed E-state index contributed by atoms with van der Waals surface area (Å²) in [6.45, 7) is 3.81. The van der Waals surface area contributed by atoms with Gasteiger partial charge in [0.1, 0.15) is 5.75 Å². The SMILES string of the molecule is Cc1cccc(C)c1OCC(=O)NC1C[C@@H](O)[C@@H](O)C1. The minimum absolute atomic E-state index is 0.0611. The fraction of sp³-hybridized carbons (Fsp3) is 0.533. The van der Waals surface area contributed by atoms with Gasteiger partial charge in [-0.1, -0.05) is 18.2 Å². The predicted molar refractivity (Wildman–Crippen MR) is 74.6 cm³/mol. The summed E-state index contributed by atoms with van der Waals surface area (Å²) in [5.41, 5.74) is 1.98. The van der Waals surface area contributed by atoms with Crippen molar-refractivity contribution in [3.63, 3.8) is 0 Å². The maximum atomic E-state index is 11.8. The van der Waals surface area contributed by atoms with Gasteiger partial charge in [-0.25, -0.2) is 0 Å². The van der Waals surface area contributed by atoms with E-state index in [-0.39, 0.29) is 18.6 Å². The molecule has 0 radical (unpaired) electrons. The van der Waals surface area contributed by atoms with E-state index in [0.717, 1.165) is 16.9 Å². The molecule has 110 valence electrons. The number of para-hydroxylation sites is 1. The molecule has 0 heterocycles. The van der Waals surface area contributed by atoms with Crippen molar-refractivity contribution < 1.29 is 19.7 Å². The van der Waals surface area contributed by atoms with Crippen LogP contribution in [-0.2, 0) is 4.79 Å². The lowest BCUT2D eigenvalue weighted by atomic mass is 10.1. The van der Waals surface area contributed by atoms with E-state index in [4.69, 9.17) is 4.74 Å². The van der Waals surface area contributed by atoms with Crippen LogP contribution in [0.1, 0.15) is 24.0 Å². The molecule has 0 aromatic heterocycles. The van der Waals surface area contributed by atoms with Gasteiger partial charge < -0.3 is 20.3 Å². The number of carbonyl (C=O) groups excluding carboxylic acids is 1. The fourth-order valence-corrected chi connectivity index (χ4v) is 2.55. The molecular formula is C15H21NO4. The largest absolute Gasteiger partial charge is 0.483 e. The zero-order valence-corrected chi connectivity index (χ0v) is 11.8. The van der Waals surface area contributed by atoms with Gasteiger partial charge in [-0.3, -0.25) is 4.79 Å². The lowest BCUT2D eigenvalue weighted by Crippen LogP contribution is -2.37. The number of nitrogens with one attached hydrogen (secondary N) is 1. The first-order valence-electron chi connectivity index (χ1n) is 6.82. The molecule has 1 aliphatic carbocycles. The Morgan fingerprint density at radius 1 is 1.25 bits per heavy atom. The first-order chi connectivity index (χ1) is 9.47. The molecule has 2 rings (SSSR count). The third-order valence-electron chi connectivity index (χ3n) is 3.62. The van der Waals surface area contributed by atoms with Crippen LogP contribution in [-0.4, -0.2) is 41.0 Å². The molecule has 0 saturated heterocycles. The van der Waals surface area contributed by atoms with Crippen LogP contribution in [0, 0.1) is 13.8 Å². The molecule has 3 atom stereocenters. The van der Waals surface area contributed by atoms with Gasteiger partial charge in [-0.2, -0.15) is 0 Å². The maximum Gasteiger partial charge on any atom is 0.258 e. The molecular weight excluding hydrogens is 258 g/mol. The van der Waals surface area contributed by atoms with E-state index in [1.807, 2.05) is 32.0 Å². The number of hydrogen-bond acceptors (Lipinski definition) is 4. The number of ether oxygens (including phenoxy) is 1. The normalized spacial score (nSPS) is 25.5. The summed E-state index contributed by atoms with van der Waals surface area (Å²) in [4.78, 5) is 11.8. The quantitative estimate of drug-likeness (QED) is 0.757. The third-order valence-corrected chi connectivity index (χ3v) is 3.62. The van der Waals surface area contributed by atoms with E-state index in [1.54, 1.807) is 0 Å². The molecule has 1 aromatic rings. The van der Waals surface area contributed by atoms with Crippen LogP contribution >= 0.6 is 0 Å². The van der Waals surface area contributed by atoms with Crippen molar-refractivity contribution in [2.75, 3.05) is 6.61 Å². The molecule has 1 fully saturated rings. The number of hydrogen-bond donors (Lipinski definition) is 3. The zero-order chi connectivity index (χ0) is 14.7. The predicted octanol–water partition coefficient (Wildman–Crippen LogP) is 0.683. The maximum absolute atomic E-state index is 11.8. The first-order valence-corrected chi connectivity index (χ1v) is 6.82. The Morgan fingerprint density at radius 3 is 2.35 bits per heavy atom. The molecule has 0 spiro atoms. The molecule has 20 heavy (non-hydrogen) atoms. The first kappa shape index (κ1) is 14.8. The third kappa shape index (κ3) is 3.49. The highest BCUT2D eigenvalue weighted by molar-refractivity contribution is 5.78. The summed E-state index contributed by atoms with van der Waals surface area (Å²) in [5.74, 6) is 0.494. The number of aliphatic hydroxyl groups is 2. The van der Waals surface area contributed by atoms with Crippen LogP contribution in [0.5, 0.6) is 5.75 Å². The van der Waals surface area contributed by atoms with Crippen LogP contribution < -0.4 is 10.1 Å². The van der Waals surface area contributed by atoms with E-state index >= 15 is 0 Å². The van der Waals surface area contributed by atoms with Crippen LogP contribution in [0.2, 0.25) is 0 Å². The zero-order valence-electron chi connectivity index (χ0n) is 11.8. The highest BCUT2D eigenvalue weighted by Crippen LogP contribution is 2.22. The minimum atomic E-state index is -0.750. The Labute approximate surface area is 118 Å². The second kappa shape index (κ2) is 6.24. The highest BCUT2D eigenvalue weighted by atomic mass is 16.5.